The third-order valence-electron chi connectivity index (χ3n) is 4.41. The molecule has 0 saturated carbocycles. The van der Waals surface area contributed by atoms with Gasteiger partial charge in [-0.3, -0.25) is 4.79 Å². The van der Waals surface area contributed by atoms with Crippen LogP contribution < -0.4 is 19.5 Å². The zero-order valence-electron chi connectivity index (χ0n) is 17.2. The second-order valence-corrected chi connectivity index (χ2v) is 7.91. The van der Waals surface area contributed by atoms with Gasteiger partial charge in [0.15, 0.2) is 11.5 Å². The van der Waals surface area contributed by atoms with Gasteiger partial charge in [0.2, 0.25) is 10.0 Å². The predicted molar refractivity (Wildman–Crippen MR) is 111 cm³/mol. The zero-order chi connectivity index (χ0) is 21.6. The average Bonchev–Trinajstić information content (AvgIpc) is 2.73. The van der Waals surface area contributed by atoms with Gasteiger partial charge in [0, 0.05) is 18.7 Å². The Balaban J connectivity index is 2.40. The van der Waals surface area contributed by atoms with Gasteiger partial charge in [-0.25, -0.2) is 8.42 Å². The standard InChI is InChI=1S/C20H26N2O6S/c1-6-22(7-2)29(24,25)15-9-11-17(26-3)16(13-15)21-20(23)14-8-10-18(27-4)19(12-14)28-5/h8-13H,6-7H2,1-5H3,(H,21,23). The minimum atomic E-state index is -3.68. The van der Waals surface area contributed by atoms with Crippen molar-refractivity contribution in [2.75, 3.05) is 39.7 Å². The molecule has 0 saturated heterocycles. The molecule has 0 aliphatic rings. The fourth-order valence-corrected chi connectivity index (χ4v) is 4.31. The molecule has 0 spiro atoms. The Labute approximate surface area is 171 Å². The highest BCUT2D eigenvalue weighted by molar-refractivity contribution is 7.89. The van der Waals surface area contributed by atoms with Crippen LogP contribution in [0.15, 0.2) is 41.3 Å². The Morgan fingerprint density at radius 1 is 0.897 bits per heavy atom. The van der Waals surface area contributed by atoms with E-state index in [1.807, 2.05) is 0 Å². The van der Waals surface area contributed by atoms with Crippen LogP contribution in [0.5, 0.6) is 17.2 Å². The summed E-state index contributed by atoms with van der Waals surface area (Å²) in [5, 5.41) is 2.71. The summed E-state index contributed by atoms with van der Waals surface area (Å²) in [5.41, 5.74) is 0.572. The van der Waals surface area contributed by atoms with Crippen molar-refractivity contribution in [2.24, 2.45) is 0 Å². The number of rotatable bonds is 9. The first-order valence-electron chi connectivity index (χ1n) is 9.03. The number of carbonyl (C=O) groups is 1. The second-order valence-electron chi connectivity index (χ2n) is 5.98. The number of amides is 1. The lowest BCUT2D eigenvalue weighted by Crippen LogP contribution is -2.30. The molecule has 0 aliphatic heterocycles. The Morgan fingerprint density at radius 3 is 2.03 bits per heavy atom. The minimum absolute atomic E-state index is 0.0737. The lowest BCUT2D eigenvalue weighted by Gasteiger charge is -2.19. The maximum absolute atomic E-state index is 12.8. The van der Waals surface area contributed by atoms with Crippen LogP contribution in [0.4, 0.5) is 5.69 Å². The fraction of sp³-hybridized carbons (Fsp3) is 0.350. The fourth-order valence-electron chi connectivity index (χ4n) is 2.83. The molecule has 2 aromatic carbocycles. The van der Waals surface area contributed by atoms with Crippen molar-refractivity contribution in [3.8, 4) is 17.2 Å². The number of carbonyl (C=O) groups excluding carboxylic acids is 1. The van der Waals surface area contributed by atoms with Gasteiger partial charge in [0.25, 0.3) is 5.91 Å². The molecule has 0 radical (unpaired) electrons. The van der Waals surface area contributed by atoms with E-state index >= 15 is 0 Å². The highest BCUT2D eigenvalue weighted by Crippen LogP contribution is 2.31. The van der Waals surface area contributed by atoms with E-state index in [0.29, 0.717) is 35.9 Å². The minimum Gasteiger partial charge on any atom is -0.495 e. The summed E-state index contributed by atoms with van der Waals surface area (Å²) < 4.78 is 42.6. The molecule has 0 fully saturated rings. The van der Waals surface area contributed by atoms with E-state index in [9.17, 15) is 13.2 Å². The summed E-state index contributed by atoms with van der Waals surface area (Å²) >= 11 is 0. The van der Waals surface area contributed by atoms with Crippen molar-refractivity contribution in [1.82, 2.24) is 4.31 Å². The third-order valence-corrected chi connectivity index (χ3v) is 6.45. The second kappa shape index (κ2) is 9.62. The van der Waals surface area contributed by atoms with Crippen LogP contribution in [0.3, 0.4) is 0 Å². The SMILES string of the molecule is CCN(CC)S(=O)(=O)c1ccc(OC)c(NC(=O)c2ccc(OC)c(OC)c2)c1. The molecule has 1 N–H and O–H groups in total. The summed E-state index contributed by atoms with van der Waals surface area (Å²) in [4.78, 5) is 12.8. The molecule has 29 heavy (non-hydrogen) atoms. The Bertz CT molecular complexity index is 971. The Morgan fingerprint density at radius 2 is 1.48 bits per heavy atom. The van der Waals surface area contributed by atoms with Gasteiger partial charge in [-0.1, -0.05) is 13.8 Å². The van der Waals surface area contributed by atoms with Gasteiger partial charge < -0.3 is 19.5 Å². The number of methoxy groups -OCH3 is 3. The summed E-state index contributed by atoms with van der Waals surface area (Å²) in [6, 6.07) is 9.10. The first-order valence-corrected chi connectivity index (χ1v) is 10.5. The van der Waals surface area contributed by atoms with Gasteiger partial charge in [-0.15, -0.1) is 0 Å². The summed E-state index contributed by atoms with van der Waals surface area (Å²) in [7, 11) is 0.746. The van der Waals surface area contributed by atoms with Crippen molar-refractivity contribution in [1.29, 1.82) is 0 Å². The van der Waals surface area contributed by atoms with E-state index in [2.05, 4.69) is 5.32 Å². The molecule has 0 aromatic heterocycles. The van der Waals surface area contributed by atoms with Crippen LogP contribution in [0.1, 0.15) is 24.2 Å². The van der Waals surface area contributed by atoms with E-state index in [4.69, 9.17) is 14.2 Å². The quantitative estimate of drug-likeness (QED) is 0.668. The first-order chi connectivity index (χ1) is 13.8. The largest absolute Gasteiger partial charge is 0.495 e. The lowest BCUT2D eigenvalue weighted by molar-refractivity contribution is 0.102. The molecule has 2 rings (SSSR count). The summed E-state index contributed by atoms with van der Waals surface area (Å²) in [6.07, 6.45) is 0. The van der Waals surface area contributed by atoms with Crippen molar-refractivity contribution in [2.45, 2.75) is 18.7 Å². The van der Waals surface area contributed by atoms with E-state index in [1.165, 1.54) is 49.9 Å². The van der Waals surface area contributed by atoms with Gasteiger partial charge in [0.05, 0.1) is 31.9 Å². The highest BCUT2D eigenvalue weighted by Gasteiger charge is 2.23. The molecule has 8 nitrogen and oxygen atoms in total. The molecule has 9 heteroatoms. The number of nitrogens with one attached hydrogen (secondary N) is 1. The Hall–Kier alpha value is -2.78. The van der Waals surface area contributed by atoms with Crippen molar-refractivity contribution >= 4 is 21.6 Å². The number of hydrogen-bond acceptors (Lipinski definition) is 6. The van der Waals surface area contributed by atoms with Crippen LogP contribution in [0, 0.1) is 0 Å². The van der Waals surface area contributed by atoms with E-state index in [1.54, 1.807) is 26.0 Å². The van der Waals surface area contributed by atoms with Crippen LogP contribution in [-0.4, -0.2) is 53.0 Å². The number of ether oxygens (including phenoxy) is 3. The molecule has 0 heterocycles. The normalized spacial score (nSPS) is 11.2. The van der Waals surface area contributed by atoms with Crippen LogP contribution >= 0.6 is 0 Å². The number of nitrogens with zero attached hydrogens (tertiary/aromatic N) is 1. The predicted octanol–water partition coefficient (Wildman–Crippen LogP) is 3.00. The number of hydrogen-bond donors (Lipinski definition) is 1. The molecule has 158 valence electrons. The number of anilines is 1. The summed E-state index contributed by atoms with van der Waals surface area (Å²) in [6.45, 7) is 4.23. The van der Waals surface area contributed by atoms with Gasteiger partial charge in [-0.2, -0.15) is 4.31 Å². The van der Waals surface area contributed by atoms with Crippen LogP contribution in [0.2, 0.25) is 0 Å². The highest BCUT2D eigenvalue weighted by atomic mass is 32.2. The van der Waals surface area contributed by atoms with Crippen molar-refractivity contribution in [3.05, 3.63) is 42.0 Å². The van der Waals surface area contributed by atoms with Gasteiger partial charge in [0.1, 0.15) is 5.75 Å². The first kappa shape index (κ1) is 22.5. The number of benzene rings is 2. The Kier molecular flexibility index (Phi) is 7.46. The van der Waals surface area contributed by atoms with Crippen LogP contribution in [0.25, 0.3) is 0 Å². The molecule has 0 atom stereocenters. The third kappa shape index (κ3) is 4.80. The number of sulfonamides is 1. The monoisotopic (exact) mass is 422 g/mol. The molecular weight excluding hydrogens is 396 g/mol. The van der Waals surface area contributed by atoms with Crippen molar-refractivity contribution in [3.63, 3.8) is 0 Å². The lowest BCUT2D eigenvalue weighted by atomic mass is 10.1. The zero-order valence-corrected chi connectivity index (χ0v) is 18.0. The van der Waals surface area contributed by atoms with Gasteiger partial charge >= 0.3 is 0 Å². The van der Waals surface area contributed by atoms with E-state index in [0.717, 1.165) is 0 Å². The van der Waals surface area contributed by atoms with Crippen LogP contribution in [-0.2, 0) is 10.0 Å². The molecule has 0 bridgehead atoms. The topological polar surface area (TPSA) is 94.2 Å². The maximum atomic E-state index is 12.8. The average molecular weight is 423 g/mol. The molecule has 0 unspecified atom stereocenters. The van der Waals surface area contributed by atoms with Gasteiger partial charge in [-0.05, 0) is 36.4 Å². The smallest absolute Gasteiger partial charge is 0.255 e. The summed E-state index contributed by atoms with van der Waals surface area (Å²) in [5.74, 6) is 0.804. The molecule has 1 amide bonds. The molecular formula is C20H26N2O6S. The maximum Gasteiger partial charge on any atom is 0.255 e. The van der Waals surface area contributed by atoms with E-state index in [-0.39, 0.29) is 10.6 Å². The van der Waals surface area contributed by atoms with E-state index < -0.39 is 15.9 Å². The van der Waals surface area contributed by atoms with Crippen molar-refractivity contribution < 1.29 is 27.4 Å². The molecule has 2 aromatic rings. The molecule has 0 aliphatic carbocycles.